The van der Waals surface area contributed by atoms with Crippen LogP contribution in [0.5, 0.6) is 0 Å². The van der Waals surface area contributed by atoms with Crippen molar-refractivity contribution in [1.82, 2.24) is 5.32 Å². The molecule has 0 aromatic rings. The summed E-state index contributed by atoms with van der Waals surface area (Å²) in [4.78, 5) is 12.4. The number of rotatable bonds is 4. The van der Waals surface area contributed by atoms with Crippen molar-refractivity contribution in [3.8, 4) is 0 Å². The first-order valence-electron chi connectivity index (χ1n) is 7.29. The molecule has 0 heterocycles. The summed E-state index contributed by atoms with van der Waals surface area (Å²) in [5, 5.41) is 3.92. The molecule has 2 aliphatic rings. The van der Waals surface area contributed by atoms with E-state index in [2.05, 4.69) is 11.6 Å². The van der Waals surface area contributed by atoms with Crippen LogP contribution in [0.3, 0.4) is 0 Å². The number of amides is 1. The Labute approximate surface area is 115 Å². The van der Waals surface area contributed by atoms with Gasteiger partial charge in [0.25, 0.3) is 0 Å². The molecule has 0 radical (unpaired) electrons. The van der Waals surface area contributed by atoms with Gasteiger partial charge in [0.15, 0.2) is 0 Å². The highest BCUT2D eigenvalue weighted by atomic mass is 32.2. The van der Waals surface area contributed by atoms with E-state index in [1.165, 1.54) is 25.7 Å². The molecule has 0 spiro atoms. The van der Waals surface area contributed by atoms with Crippen LogP contribution in [0.15, 0.2) is 0 Å². The van der Waals surface area contributed by atoms with E-state index in [1.807, 2.05) is 11.8 Å². The van der Waals surface area contributed by atoms with Gasteiger partial charge in [0.1, 0.15) is 0 Å². The lowest BCUT2D eigenvalue weighted by molar-refractivity contribution is -0.128. The molecular formula is C14H26N2OS. The van der Waals surface area contributed by atoms with Gasteiger partial charge < -0.3 is 11.1 Å². The second-order valence-corrected chi connectivity index (χ2v) is 6.78. The molecule has 2 rings (SSSR count). The fourth-order valence-corrected chi connectivity index (χ4v) is 4.43. The van der Waals surface area contributed by atoms with E-state index in [1.54, 1.807) is 0 Å². The lowest BCUT2D eigenvalue weighted by Crippen LogP contribution is -2.45. The Morgan fingerprint density at radius 3 is 2.72 bits per heavy atom. The number of hydrogen-bond donors (Lipinski definition) is 2. The molecule has 3 nitrogen and oxygen atoms in total. The van der Waals surface area contributed by atoms with Crippen molar-refractivity contribution in [3.63, 3.8) is 0 Å². The summed E-state index contributed by atoms with van der Waals surface area (Å²) < 4.78 is 0. The van der Waals surface area contributed by atoms with Crippen molar-refractivity contribution in [1.29, 1.82) is 0 Å². The van der Waals surface area contributed by atoms with Gasteiger partial charge in [-0.1, -0.05) is 19.3 Å². The number of carbonyl (C=O) groups excluding carboxylic acids is 1. The summed E-state index contributed by atoms with van der Waals surface area (Å²) in [6, 6.07) is 0.396. The van der Waals surface area contributed by atoms with E-state index >= 15 is 0 Å². The molecule has 0 aliphatic heterocycles. The highest BCUT2D eigenvalue weighted by Gasteiger charge is 2.34. The second-order valence-electron chi connectivity index (χ2n) is 5.71. The molecule has 0 aromatic carbocycles. The summed E-state index contributed by atoms with van der Waals surface area (Å²) >= 11 is 1.90. The van der Waals surface area contributed by atoms with Crippen LogP contribution in [-0.2, 0) is 4.79 Å². The van der Waals surface area contributed by atoms with Crippen LogP contribution in [-0.4, -0.2) is 30.0 Å². The van der Waals surface area contributed by atoms with Crippen molar-refractivity contribution >= 4 is 17.7 Å². The van der Waals surface area contributed by atoms with Gasteiger partial charge in [0.05, 0.1) is 0 Å². The minimum absolute atomic E-state index is 0.173. The first kappa shape index (κ1) is 14.2. The minimum atomic E-state index is 0.173. The summed E-state index contributed by atoms with van der Waals surface area (Å²) in [5.74, 6) is 0.857. The summed E-state index contributed by atoms with van der Waals surface area (Å²) in [6.45, 7) is 0.661. The van der Waals surface area contributed by atoms with Crippen molar-refractivity contribution in [2.45, 2.75) is 56.2 Å². The lowest BCUT2D eigenvalue weighted by Gasteiger charge is -2.31. The molecular weight excluding hydrogens is 244 g/mol. The van der Waals surface area contributed by atoms with Crippen LogP contribution >= 0.6 is 11.8 Å². The average molecular weight is 270 g/mol. The molecule has 18 heavy (non-hydrogen) atoms. The van der Waals surface area contributed by atoms with Crippen molar-refractivity contribution in [3.05, 3.63) is 0 Å². The van der Waals surface area contributed by atoms with Crippen LogP contribution in [0.4, 0.5) is 0 Å². The third kappa shape index (κ3) is 3.21. The standard InChI is InChI=1S/C14H26N2OS/c1-18-13-8-4-7-12(13)16-14(17)11-6-3-2-5-10(11)9-15/h10-13H,2-9,15H2,1H3,(H,16,17). The van der Waals surface area contributed by atoms with Gasteiger partial charge in [-0.25, -0.2) is 0 Å². The van der Waals surface area contributed by atoms with Crippen LogP contribution in [0.25, 0.3) is 0 Å². The topological polar surface area (TPSA) is 55.1 Å². The van der Waals surface area contributed by atoms with Gasteiger partial charge in [0.2, 0.25) is 5.91 Å². The quantitative estimate of drug-likeness (QED) is 0.823. The molecule has 0 aromatic heterocycles. The van der Waals surface area contributed by atoms with E-state index in [-0.39, 0.29) is 11.8 Å². The molecule has 104 valence electrons. The maximum Gasteiger partial charge on any atom is 0.223 e. The van der Waals surface area contributed by atoms with Gasteiger partial charge in [-0.3, -0.25) is 4.79 Å². The van der Waals surface area contributed by atoms with E-state index in [9.17, 15) is 4.79 Å². The number of nitrogens with one attached hydrogen (secondary N) is 1. The van der Waals surface area contributed by atoms with Crippen molar-refractivity contribution < 1.29 is 4.79 Å². The zero-order valence-corrected chi connectivity index (χ0v) is 12.2. The number of carbonyl (C=O) groups is 1. The molecule has 4 unspecified atom stereocenters. The average Bonchev–Trinajstić information content (AvgIpc) is 2.85. The predicted molar refractivity (Wildman–Crippen MR) is 77.6 cm³/mol. The molecule has 1 amide bonds. The summed E-state index contributed by atoms with van der Waals surface area (Å²) in [6.07, 6.45) is 10.4. The van der Waals surface area contributed by atoms with E-state index in [4.69, 9.17) is 5.73 Å². The predicted octanol–water partition coefficient (Wildman–Crippen LogP) is 2.15. The molecule has 2 saturated carbocycles. The Morgan fingerprint density at radius 1 is 1.22 bits per heavy atom. The van der Waals surface area contributed by atoms with Gasteiger partial charge in [-0.15, -0.1) is 0 Å². The smallest absolute Gasteiger partial charge is 0.223 e. The first-order valence-corrected chi connectivity index (χ1v) is 8.58. The molecule has 2 aliphatic carbocycles. The molecule has 4 heteroatoms. The maximum absolute atomic E-state index is 12.4. The Kier molecular flexibility index (Phi) is 5.37. The maximum atomic E-state index is 12.4. The number of nitrogens with two attached hydrogens (primary N) is 1. The Morgan fingerprint density at radius 2 is 2.00 bits per heavy atom. The minimum Gasteiger partial charge on any atom is -0.352 e. The summed E-state index contributed by atoms with van der Waals surface area (Å²) in [7, 11) is 0. The van der Waals surface area contributed by atoms with E-state index in [0.29, 0.717) is 23.8 Å². The second kappa shape index (κ2) is 6.80. The molecule has 3 N–H and O–H groups in total. The summed E-state index contributed by atoms with van der Waals surface area (Å²) in [5.41, 5.74) is 5.81. The van der Waals surface area contributed by atoms with Gasteiger partial charge in [0, 0.05) is 17.2 Å². The number of thioether (sulfide) groups is 1. The Bertz CT molecular complexity index is 285. The fraction of sp³-hybridized carbons (Fsp3) is 0.929. The third-order valence-corrected chi connectivity index (χ3v) is 5.80. The van der Waals surface area contributed by atoms with E-state index < -0.39 is 0 Å². The molecule has 4 atom stereocenters. The normalized spacial score (nSPS) is 36.6. The van der Waals surface area contributed by atoms with Gasteiger partial charge in [-0.05, 0) is 44.4 Å². The molecule has 2 fully saturated rings. The number of hydrogen-bond acceptors (Lipinski definition) is 3. The van der Waals surface area contributed by atoms with Crippen LogP contribution in [0.2, 0.25) is 0 Å². The Balaban J connectivity index is 1.89. The largest absolute Gasteiger partial charge is 0.352 e. The monoisotopic (exact) mass is 270 g/mol. The van der Waals surface area contributed by atoms with Crippen LogP contribution in [0, 0.1) is 11.8 Å². The van der Waals surface area contributed by atoms with Crippen LogP contribution in [0.1, 0.15) is 44.9 Å². The zero-order chi connectivity index (χ0) is 13.0. The molecule has 0 saturated heterocycles. The lowest BCUT2D eigenvalue weighted by atomic mass is 9.78. The molecule has 0 bridgehead atoms. The van der Waals surface area contributed by atoms with Gasteiger partial charge >= 0.3 is 0 Å². The van der Waals surface area contributed by atoms with Crippen molar-refractivity contribution in [2.24, 2.45) is 17.6 Å². The highest BCUT2D eigenvalue weighted by Crippen LogP contribution is 2.32. The first-order chi connectivity index (χ1) is 8.76. The van der Waals surface area contributed by atoms with Gasteiger partial charge in [-0.2, -0.15) is 11.8 Å². The van der Waals surface area contributed by atoms with E-state index in [0.717, 1.165) is 19.3 Å². The Hall–Kier alpha value is -0.220. The van der Waals surface area contributed by atoms with Crippen LogP contribution < -0.4 is 11.1 Å². The SMILES string of the molecule is CSC1CCCC1NC(=O)C1CCCCC1CN. The fourth-order valence-electron chi connectivity index (χ4n) is 3.50. The zero-order valence-electron chi connectivity index (χ0n) is 11.4. The van der Waals surface area contributed by atoms with Crippen molar-refractivity contribution in [2.75, 3.05) is 12.8 Å². The third-order valence-electron chi connectivity index (χ3n) is 4.63. The highest BCUT2D eigenvalue weighted by molar-refractivity contribution is 7.99.